The molecule has 0 aromatic heterocycles. The number of unbranched alkanes of at least 4 members (excludes halogenated alkanes) is 12. The van der Waals surface area contributed by atoms with Crippen molar-refractivity contribution >= 4 is 35.4 Å². The van der Waals surface area contributed by atoms with Crippen LogP contribution in [0.25, 0.3) is 0 Å². The fourth-order valence-corrected chi connectivity index (χ4v) is 7.56. The molecule has 0 saturated heterocycles. The van der Waals surface area contributed by atoms with Crippen LogP contribution in [0.15, 0.2) is 0 Å². The van der Waals surface area contributed by atoms with Crippen LogP contribution in [-0.4, -0.2) is 108 Å². The van der Waals surface area contributed by atoms with E-state index in [-0.39, 0.29) is 6.42 Å². The summed E-state index contributed by atoms with van der Waals surface area (Å²) in [5, 5.41) is 31.7. The smallest absolute Gasteiger partial charge is 0.456 e. The Bertz CT molecular complexity index is 1930. The summed E-state index contributed by atoms with van der Waals surface area (Å²) in [6, 6.07) is 0. The molecule has 8 N–H and O–H groups in total. The molecule has 0 aliphatic heterocycles. The topological polar surface area (TPSA) is 303 Å². The first-order chi connectivity index (χ1) is 28.8. The molecule has 0 radical (unpaired) electrons. The van der Waals surface area contributed by atoms with E-state index in [1.54, 1.807) is 6.92 Å². The van der Waals surface area contributed by atoms with Crippen LogP contribution in [0.2, 0.25) is 0 Å². The van der Waals surface area contributed by atoms with Gasteiger partial charge < -0.3 is 49.3 Å². The summed E-state index contributed by atoms with van der Waals surface area (Å²) < 4.78 is 64.5. The van der Waals surface area contributed by atoms with Gasteiger partial charge in [-0.1, -0.05) is 89.9 Å². The summed E-state index contributed by atoms with van der Waals surface area (Å²) >= 11 is 0. The fourth-order valence-electron chi connectivity index (χ4n) is 5.46. The predicted octanol–water partition coefficient (Wildman–Crippen LogP) is 2.52. The lowest BCUT2D eigenvalue weighted by atomic mass is 9.85. The summed E-state index contributed by atoms with van der Waals surface area (Å²) in [6.07, 6.45) is -2.99. The number of rotatable bonds is 26. The summed E-state index contributed by atoms with van der Waals surface area (Å²) in [5.74, 6) is 26.3. The number of phosphoric acid groups is 3. The molecule has 8 atom stereocenters. The third-order valence-electron chi connectivity index (χ3n) is 8.25. The number of ether oxygens (including phenoxy) is 2. The van der Waals surface area contributed by atoms with Crippen molar-refractivity contribution < 1.29 is 90.6 Å². The molecule has 0 bridgehead atoms. The second kappa shape index (κ2) is 30.5. The van der Waals surface area contributed by atoms with Gasteiger partial charge in [0.1, 0.15) is 43.2 Å². The number of carbonyl (C=O) groups excluding carboxylic acids is 2. The third-order valence-corrected chi connectivity index (χ3v) is 10.3. The number of phosphoric ester groups is 3. The molecule has 1 saturated carbocycles. The zero-order chi connectivity index (χ0) is 45.7. The highest BCUT2D eigenvalue weighted by Gasteiger charge is 2.56. The average Bonchev–Trinajstić information content (AvgIpc) is 3.18. The van der Waals surface area contributed by atoms with Crippen LogP contribution in [0.3, 0.4) is 0 Å². The maximum atomic E-state index is 13.0. The normalized spacial score (nSPS) is 20.9. The summed E-state index contributed by atoms with van der Waals surface area (Å²) in [6.45, 7) is 1.99. The SMILES string of the molecule is CC#CC#CC#CC#CC#CC#CC(=O)OC[C@H](COP(=O)(O)OC1C(O)[C@@H](O)C(OP(=O)(O)O)[C@@H](OP(=O)(O)O)[C@H]1O)OC(=O)CCCCCCCCCCCCCCC. The Balaban J connectivity index is 2.95. The van der Waals surface area contributed by atoms with Crippen molar-refractivity contribution in [1.82, 2.24) is 0 Å². The van der Waals surface area contributed by atoms with Gasteiger partial charge in [0.05, 0.1) is 6.61 Å². The Morgan fingerprint density at radius 2 is 0.984 bits per heavy atom. The molecule has 0 heterocycles. The molecule has 22 heteroatoms. The van der Waals surface area contributed by atoms with Crippen molar-refractivity contribution in [3.8, 4) is 71.0 Å². The number of hydrogen-bond acceptors (Lipinski definition) is 14. The molecule has 0 aromatic carbocycles. The zero-order valence-electron chi connectivity index (χ0n) is 33.8. The summed E-state index contributed by atoms with van der Waals surface area (Å²) in [7, 11) is -16.7. The van der Waals surface area contributed by atoms with E-state index in [0.717, 1.165) is 25.7 Å². The molecule has 1 aliphatic carbocycles. The second-order valence-electron chi connectivity index (χ2n) is 13.3. The Labute approximate surface area is 356 Å². The van der Waals surface area contributed by atoms with Crippen LogP contribution in [-0.2, 0) is 50.9 Å². The van der Waals surface area contributed by atoms with Gasteiger partial charge in [0, 0.05) is 12.3 Å². The summed E-state index contributed by atoms with van der Waals surface area (Å²) in [5.41, 5.74) is 0. The van der Waals surface area contributed by atoms with Crippen LogP contribution < -0.4 is 0 Å². The molecule has 1 fully saturated rings. The van der Waals surface area contributed by atoms with Crippen LogP contribution >= 0.6 is 23.5 Å². The maximum absolute atomic E-state index is 13.0. The maximum Gasteiger partial charge on any atom is 0.472 e. The Hall–Kier alpha value is -3.49. The van der Waals surface area contributed by atoms with Crippen LogP contribution in [0.5, 0.6) is 0 Å². The predicted molar refractivity (Wildman–Crippen MR) is 216 cm³/mol. The van der Waals surface area contributed by atoms with Crippen molar-refractivity contribution in [3.05, 3.63) is 0 Å². The summed E-state index contributed by atoms with van der Waals surface area (Å²) in [4.78, 5) is 72.3. The first kappa shape index (κ1) is 55.5. The number of carbonyl (C=O) groups is 2. The molecular formula is C39H53O19P3. The van der Waals surface area contributed by atoms with Crippen LogP contribution in [0.4, 0.5) is 0 Å². The van der Waals surface area contributed by atoms with Gasteiger partial charge in [-0.15, -0.1) is 0 Å². The van der Waals surface area contributed by atoms with E-state index in [1.807, 2.05) is 5.92 Å². The highest BCUT2D eigenvalue weighted by molar-refractivity contribution is 7.47. The Morgan fingerprint density at radius 3 is 1.46 bits per heavy atom. The molecule has 1 aliphatic rings. The van der Waals surface area contributed by atoms with E-state index in [9.17, 15) is 63.1 Å². The minimum Gasteiger partial charge on any atom is -0.456 e. The number of esters is 2. The lowest BCUT2D eigenvalue weighted by Gasteiger charge is -2.44. The minimum atomic E-state index is -5.63. The van der Waals surface area contributed by atoms with Gasteiger partial charge in [0.25, 0.3) is 0 Å². The monoisotopic (exact) mass is 918 g/mol. The van der Waals surface area contributed by atoms with E-state index >= 15 is 0 Å². The molecule has 0 aromatic rings. The molecule has 338 valence electrons. The fraction of sp³-hybridized carbons (Fsp3) is 0.641. The van der Waals surface area contributed by atoms with Crippen molar-refractivity contribution in [2.75, 3.05) is 13.2 Å². The van der Waals surface area contributed by atoms with E-state index in [1.165, 1.54) is 44.9 Å². The van der Waals surface area contributed by atoms with Gasteiger partial charge in [-0.25, -0.2) is 18.5 Å². The number of aliphatic hydroxyl groups excluding tert-OH is 3. The van der Waals surface area contributed by atoms with Gasteiger partial charge in [0.2, 0.25) is 0 Å². The molecule has 1 rings (SSSR count). The molecule has 0 amide bonds. The van der Waals surface area contributed by atoms with Gasteiger partial charge >= 0.3 is 35.4 Å². The van der Waals surface area contributed by atoms with Gasteiger partial charge in [-0.05, 0) is 72.5 Å². The number of hydrogen-bond donors (Lipinski definition) is 8. The number of aliphatic hydroxyl groups is 3. The van der Waals surface area contributed by atoms with Crippen LogP contribution in [0.1, 0.15) is 104 Å². The molecule has 4 unspecified atom stereocenters. The zero-order valence-corrected chi connectivity index (χ0v) is 36.4. The highest BCUT2D eigenvalue weighted by atomic mass is 31.2. The molecular weight excluding hydrogens is 865 g/mol. The van der Waals surface area contributed by atoms with E-state index < -0.39 is 91.3 Å². The van der Waals surface area contributed by atoms with Crippen molar-refractivity contribution in [1.29, 1.82) is 0 Å². The molecule has 61 heavy (non-hydrogen) atoms. The lowest BCUT2D eigenvalue weighted by molar-refractivity contribution is -0.213. The van der Waals surface area contributed by atoms with Gasteiger partial charge in [0.15, 0.2) is 6.10 Å². The Morgan fingerprint density at radius 1 is 0.557 bits per heavy atom. The largest absolute Gasteiger partial charge is 0.472 e. The standard InChI is InChI=1S/C39H53O19P3/c1-3-5-7-9-11-13-15-16-18-20-22-24-26-28-33(41)55-31(29-53-32(40)27-25-23-21-19-17-14-12-10-8-6-4-2)30-54-61(51,52)58-37-34(42)35(43)38(56-59(45,46)47)39(36(37)44)57-60(48,49)50/h31,34-39,42-44H,3,5,7,9,11,13,15-16,18,20,22,24,26,28-30H2,1-2H3,(H,51,52)(H2,45,46,47)(H2,48,49,50)/t31-,34?,35-,36+,37?,38?,39+/m1/s1. The van der Waals surface area contributed by atoms with Crippen molar-refractivity contribution in [3.63, 3.8) is 0 Å². The molecule has 0 spiro atoms. The van der Waals surface area contributed by atoms with Crippen molar-refractivity contribution in [2.24, 2.45) is 0 Å². The first-order valence-corrected chi connectivity index (χ1v) is 23.8. The average molecular weight is 919 g/mol. The van der Waals surface area contributed by atoms with E-state index in [2.05, 4.69) is 81.1 Å². The van der Waals surface area contributed by atoms with Crippen LogP contribution in [0, 0.1) is 71.0 Å². The van der Waals surface area contributed by atoms with Gasteiger partial charge in [-0.3, -0.25) is 22.9 Å². The quantitative estimate of drug-likeness (QED) is 0.0203. The highest BCUT2D eigenvalue weighted by Crippen LogP contribution is 2.51. The Kier molecular flexibility index (Phi) is 27.8. The third kappa shape index (κ3) is 27.2. The van der Waals surface area contributed by atoms with E-state index in [0.29, 0.717) is 12.8 Å². The first-order valence-electron chi connectivity index (χ1n) is 19.3. The van der Waals surface area contributed by atoms with Crippen molar-refractivity contribution in [2.45, 2.75) is 146 Å². The minimum absolute atomic E-state index is 0.0765. The molecule has 19 nitrogen and oxygen atoms in total. The van der Waals surface area contributed by atoms with E-state index in [4.69, 9.17) is 18.5 Å². The lowest BCUT2D eigenvalue weighted by Crippen LogP contribution is -2.65. The van der Waals surface area contributed by atoms with Gasteiger partial charge in [-0.2, -0.15) is 0 Å². The second-order valence-corrected chi connectivity index (χ2v) is 17.0.